The highest BCUT2D eigenvalue weighted by molar-refractivity contribution is 6.33. The second kappa shape index (κ2) is 19.0. The van der Waals surface area contributed by atoms with Crippen LogP contribution in [0, 0.1) is 13.8 Å². The second-order valence-corrected chi connectivity index (χ2v) is 16.4. The maximum atomic E-state index is 15.2. The number of piperazine rings is 2. The molecule has 328 valence electrons. The monoisotopic (exact) mass is 926 g/mol. The molecule has 2 atom stereocenters. The molecule has 4 heterocycles. The molecule has 0 N–H and O–H groups in total. The maximum absolute atomic E-state index is 15.2. The Labute approximate surface area is 363 Å². The molecule has 0 aliphatic carbocycles. The van der Waals surface area contributed by atoms with Crippen LogP contribution in [0.4, 0.5) is 26.3 Å². The molecule has 0 bridgehead atoms. The average molecular weight is 929 g/mol. The lowest BCUT2D eigenvalue weighted by Gasteiger charge is -2.43. The van der Waals surface area contributed by atoms with Crippen molar-refractivity contribution >= 4 is 52.2 Å². The van der Waals surface area contributed by atoms with Gasteiger partial charge in [-0.1, -0.05) is 58.5 Å². The molecular weight excluding hydrogens is 884 g/mol. The minimum absolute atomic E-state index is 0.0191. The molecule has 0 radical (unpaired) electrons. The number of alkyl halides is 6. The number of ketones is 1. The molecule has 0 saturated carbocycles. The van der Waals surface area contributed by atoms with E-state index in [4.69, 9.17) is 55.9 Å². The number of aromatic nitrogens is 4. The van der Waals surface area contributed by atoms with E-state index in [1.165, 1.54) is 28.1 Å². The van der Waals surface area contributed by atoms with E-state index in [0.717, 1.165) is 20.5 Å². The smallest absolute Gasteiger partial charge is 0.436 e. The van der Waals surface area contributed by atoms with Crippen molar-refractivity contribution in [2.75, 3.05) is 66.6 Å². The van der Waals surface area contributed by atoms with E-state index in [1.54, 1.807) is 12.1 Å². The van der Waals surface area contributed by atoms with Crippen LogP contribution < -0.4 is 9.47 Å². The molecule has 21 heteroatoms. The van der Waals surface area contributed by atoms with E-state index < -0.39 is 51.7 Å². The van der Waals surface area contributed by atoms with Gasteiger partial charge in [-0.3, -0.25) is 33.8 Å². The van der Waals surface area contributed by atoms with Crippen molar-refractivity contribution in [1.29, 1.82) is 0 Å². The summed E-state index contributed by atoms with van der Waals surface area (Å²) < 4.78 is 96.9. The molecule has 2 saturated heterocycles. The second-order valence-electron chi connectivity index (χ2n) is 14.9. The number of carbonyl (C=O) groups is 1. The number of halogens is 10. The lowest BCUT2D eigenvalue weighted by Crippen LogP contribution is -2.60. The zero-order valence-corrected chi connectivity index (χ0v) is 36.2. The van der Waals surface area contributed by atoms with Gasteiger partial charge in [0.05, 0.1) is 70.9 Å². The lowest BCUT2D eigenvalue weighted by molar-refractivity contribution is -0.142. The number of Topliss-reactive ketones (excluding diaryl/α,β-unsaturated/α-hetero) is 1. The summed E-state index contributed by atoms with van der Waals surface area (Å²) in [6.07, 6.45) is -9.70. The Morgan fingerprint density at radius 2 is 0.983 bits per heavy atom. The molecule has 0 amide bonds. The highest BCUT2D eigenvalue weighted by atomic mass is 35.5. The van der Waals surface area contributed by atoms with Crippen LogP contribution in [0.25, 0.3) is 0 Å². The van der Waals surface area contributed by atoms with E-state index in [9.17, 15) is 26.3 Å². The van der Waals surface area contributed by atoms with E-state index in [-0.39, 0.29) is 24.5 Å². The normalized spacial score (nSPS) is 17.6. The summed E-state index contributed by atoms with van der Waals surface area (Å²) in [6, 6.07) is 8.82. The van der Waals surface area contributed by atoms with Crippen LogP contribution in [-0.4, -0.2) is 124 Å². The van der Waals surface area contributed by atoms with Crippen LogP contribution in [0.2, 0.25) is 20.1 Å². The highest BCUT2D eigenvalue weighted by Crippen LogP contribution is 2.37. The number of methoxy groups -OCH3 is 2. The van der Waals surface area contributed by atoms with Gasteiger partial charge >= 0.3 is 12.4 Å². The fourth-order valence-electron chi connectivity index (χ4n) is 7.67. The first-order valence-corrected chi connectivity index (χ1v) is 20.5. The SMILES string of the molecule is COc1cc(CN2CCN(C(Cn3nc(C(F)(F)F)c(Cl)c3C)C(=O)C(Cn3nc(C(F)(F)F)c(Cl)c3C)N3CCN(Cc4ccc(Cl)c(OC)c4)CC3)CC2)ccc1Cl. The van der Waals surface area contributed by atoms with Gasteiger partial charge in [-0.15, -0.1) is 0 Å². The van der Waals surface area contributed by atoms with Crippen molar-refractivity contribution in [3.05, 3.63) is 90.4 Å². The number of ether oxygens (including phenoxy) is 2. The standard InChI is InChI=1S/C39H44Cl4F6N8O3/c1-23-33(42)36(38(44,45)46)50-56(23)21-29(54-13-9-52(10-14-54)19-25-5-7-27(40)31(17-25)59-3)35(58)30(22-57-24(2)34(43)37(51-57)39(47,48)49)55-15-11-53(12-16-55)20-26-6-8-28(41)32(18-26)60-4/h5-8,17-18,29-30H,9-16,19-22H2,1-4H3. The van der Waals surface area contributed by atoms with Gasteiger partial charge in [0.15, 0.2) is 17.2 Å². The molecule has 4 aromatic rings. The van der Waals surface area contributed by atoms with Gasteiger partial charge in [0, 0.05) is 65.4 Å². The van der Waals surface area contributed by atoms with Crippen LogP contribution in [0.3, 0.4) is 0 Å². The van der Waals surface area contributed by atoms with Gasteiger partial charge in [-0.05, 0) is 49.2 Å². The van der Waals surface area contributed by atoms with Crippen LogP contribution in [-0.2, 0) is 43.3 Å². The zero-order chi connectivity index (χ0) is 43.7. The number of carbonyl (C=O) groups excluding carboxylic acids is 1. The molecule has 2 unspecified atom stereocenters. The number of rotatable bonds is 14. The van der Waals surface area contributed by atoms with Crippen molar-refractivity contribution in [3.63, 3.8) is 0 Å². The van der Waals surface area contributed by atoms with Gasteiger partial charge in [-0.2, -0.15) is 36.5 Å². The predicted molar refractivity (Wildman–Crippen MR) is 216 cm³/mol. The minimum atomic E-state index is -4.85. The average Bonchev–Trinajstić information content (AvgIpc) is 3.67. The Morgan fingerprint density at radius 1 is 0.633 bits per heavy atom. The minimum Gasteiger partial charge on any atom is -0.495 e. The van der Waals surface area contributed by atoms with Crippen molar-refractivity contribution in [2.24, 2.45) is 0 Å². The van der Waals surface area contributed by atoms with E-state index in [2.05, 4.69) is 20.0 Å². The predicted octanol–water partition coefficient (Wildman–Crippen LogP) is 8.01. The van der Waals surface area contributed by atoms with Crippen molar-refractivity contribution in [2.45, 2.75) is 64.5 Å². The van der Waals surface area contributed by atoms with Gasteiger partial charge in [0.1, 0.15) is 11.5 Å². The quantitative estimate of drug-likeness (QED) is 0.117. The number of benzene rings is 2. The molecule has 60 heavy (non-hydrogen) atoms. The summed E-state index contributed by atoms with van der Waals surface area (Å²) in [6.45, 7) is 6.61. The molecule has 2 aliphatic rings. The molecule has 2 aromatic heterocycles. The molecule has 2 aromatic carbocycles. The van der Waals surface area contributed by atoms with E-state index in [1.807, 2.05) is 34.1 Å². The van der Waals surface area contributed by atoms with Crippen molar-refractivity contribution < 1.29 is 40.6 Å². The summed E-state index contributed by atoms with van der Waals surface area (Å²) >= 11 is 24.8. The maximum Gasteiger partial charge on any atom is 0.436 e. The largest absolute Gasteiger partial charge is 0.495 e. The van der Waals surface area contributed by atoms with Crippen LogP contribution in [0.5, 0.6) is 11.5 Å². The zero-order valence-electron chi connectivity index (χ0n) is 33.2. The van der Waals surface area contributed by atoms with Crippen LogP contribution in [0.15, 0.2) is 36.4 Å². The highest BCUT2D eigenvalue weighted by Gasteiger charge is 2.43. The van der Waals surface area contributed by atoms with Crippen LogP contribution >= 0.6 is 46.4 Å². The van der Waals surface area contributed by atoms with Crippen LogP contribution in [0.1, 0.15) is 33.9 Å². The third kappa shape index (κ3) is 10.5. The Hall–Kier alpha value is -3.29. The van der Waals surface area contributed by atoms with Gasteiger partial charge < -0.3 is 9.47 Å². The van der Waals surface area contributed by atoms with Gasteiger partial charge in [0.2, 0.25) is 0 Å². The summed E-state index contributed by atoms with van der Waals surface area (Å²) in [5.41, 5.74) is -0.622. The number of hydrogen-bond acceptors (Lipinski definition) is 9. The Morgan fingerprint density at radius 3 is 1.28 bits per heavy atom. The molecule has 2 fully saturated rings. The molecule has 2 aliphatic heterocycles. The first-order valence-electron chi connectivity index (χ1n) is 19.0. The fraction of sp³-hybridized carbons (Fsp3) is 0.513. The molecule has 11 nitrogen and oxygen atoms in total. The lowest BCUT2D eigenvalue weighted by atomic mass is 9.99. The van der Waals surface area contributed by atoms with Crippen molar-refractivity contribution in [3.8, 4) is 11.5 Å². The Kier molecular flexibility index (Phi) is 14.6. The van der Waals surface area contributed by atoms with E-state index >= 15 is 4.79 Å². The Bertz CT molecular complexity index is 2000. The third-order valence-corrected chi connectivity index (χ3v) is 12.6. The summed E-state index contributed by atoms with van der Waals surface area (Å²) in [7, 11) is 3.05. The van der Waals surface area contributed by atoms with Crippen molar-refractivity contribution in [1.82, 2.24) is 39.2 Å². The third-order valence-electron chi connectivity index (χ3n) is 11.1. The Balaban J connectivity index is 1.31. The first kappa shape index (κ1) is 46.2. The summed E-state index contributed by atoms with van der Waals surface area (Å²) in [5, 5.41) is 7.42. The molecular formula is C39H44Cl4F6N8O3. The number of hydrogen-bond donors (Lipinski definition) is 0. The van der Waals surface area contributed by atoms with Gasteiger partial charge in [0.25, 0.3) is 0 Å². The first-order chi connectivity index (χ1) is 28.3. The molecule has 0 spiro atoms. The fourth-order valence-corrected chi connectivity index (χ4v) is 8.55. The van der Waals surface area contributed by atoms with Gasteiger partial charge in [-0.25, -0.2) is 0 Å². The van der Waals surface area contributed by atoms with E-state index in [0.29, 0.717) is 87.0 Å². The summed E-state index contributed by atoms with van der Waals surface area (Å²) in [5.74, 6) is 0.636. The summed E-state index contributed by atoms with van der Waals surface area (Å²) in [4.78, 5) is 23.4. The molecule has 6 rings (SSSR count). The topological polar surface area (TPSA) is 84.1 Å². The number of nitrogens with zero attached hydrogens (tertiary/aromatic N) is 8.